The first-order valence-corrected chi connectivity index (χ1v) is 7.61. The number of nitrogens with zero attached hydrogens (tertiary/aromatic N) is 3. The second-order valence-corrected chi connectivity index (χ2v) is 4.84. The van der Waals surface area contributed by atoms with Crippen molar-refractivity contribution in [2.75, 3.05) is 6.54 Å². The van der Waals surface area contributed by atoms with E-state index >= 15 is 0 Å². The Balaban J connectivity index is 2.13. The minimum atomic E-state index is 0.315. The van der Waals surface area contributed by atoms with Gasteiger partial charge in [0, 0.05) is 18.2 Å². The molecule has 0 aliphatic heterocycles. The highest BCUT2D eigenvalue weighted by Crippen LogP contribution is 2.27. The van der Waals surface area contributed by atoms with E-state index in [-0.39, 0.29) is 0 Å². The van der Waals surface area contributed by atoms with Gasteiger partial charge in [0.2, 0.25) is 0 Å². The van der Waals surface area contributed by atoms with Crippen molar-refractivity contribution in [3.8, 4) is 5.75 Å². The van der Waals surface area contributed by atoms with E-state index in [1.54, 1.807) is 6.33 Å². The molecule has 0 fully saturated rings. The van der Waals surface area contributed by atoms with E-state index in [1.807, 2.05) is 23.7 Å². The Labute approximate surface area is 126 Å². The van der Waals surface area contributed by atoms with Crippen molar-refractivity contribution in [1.82, 2.24) is 20.1 Å². The molecule has 1 N–H and O–H groups in total. The van der Waals surface area contributed by atoms with Crippen LogP contribution in [-0.2, 0) is 13.2 Å². The zero-order valence-electron chi connectivity index (χ0n) is 13.0. The highest BCUT2D eigenvalue weighted by atomic mass is 16.5. The summed E-state index contributed by atoms with van der Waals surface area (Å²) in [4.78, 5) is 4.24. The Hall–Kier alpha value is -1.88. The van der Waals surface area contributed by atoms with Crippen LogP contribution < -0.4 is 10.1 Å². The van der Waals surface area contributed by atoms with E-state index in [0.717, 1.165) is 31.1 Å². The summed E-state index contributed by atoms with van der Waals surface area (Å²) in [6.07, 6.45) is 2.60. The van der Waals surface area contributed by atoms with Gasteiger partial charge in [0.05, 0.1) is 0 Å². The molecule has 5 nitrogen and oxygen atoms in total. The molecule has 1 heterocycles. The summed E-state index contributed by atoms with van der Waals surface area (Å²) in [6, 6.07) is 8.51. The SMILES string of the molecule is CCNC(CC)c1ccccc1OCc1ncnn1CC. The van der Waals surface area contributed by atoms with Crippen LogP contribution in [0.25, 0.3) is 0 Å². The lowest BCUT2D eigenvalue weighted by Crippen LogP contribution is -2.21. The van der Waals surface area contributed by atoms with Crippen LogP contribution in [-0.4, -0.2) is 21.3 Å². The number of aromatic nitrogens is 3. The highest BCUT2D eigenvalue weighted by molar-refractivity contribution is 5.36. The normalized spacial score (nSPS) is 12.3. The largest absolute Gasteiger partial charge is 0.485 e. The molecule has 21 heavy (non-hydrogen) atoms. The van der Waals surface area contributed by atoms with Gasteiger partial charge in [0.25, 0.3) is 0 Å². The van der Waals surface area contributed by atoms with Crippen LogP contribution in [0.15, 0.2) is 30.6 Å². The maximum absolute atomic E-state index is 5.99. The third-order valence-corrected chi connectivity index (χ3v) is 3.51. The molecule has 1 atom stereocenters. The van der Waals surface area contributed by atoms with Crippen LogP contribution in [0.3, 0.4) is 0 Å². The molecule has 0 aliphatic rings. The van der Waals surface area contributed by atoms with Crippen molar-refractivity contribution in [1.29, 1.82) is 0 Å². The molecule has 0 spiro atoms. The van der Waals surface area contributed by atoms with Crippen LogP contribution in [0, 0.1) is 0 Å². The van der Waals surface area contributed by atoms with Crippen molar-refractivity contribution >= 4 is 0 Å². The molecule has 1 aromatic carbocycles. The number of hydrogen-bond acceptors (Lipinski definition) is 4. The predicted molar refractivity (Wildman–Crippen MR) is 83.2 cm³/mol. The molecule has 5 heteroatoms. The number of benzene rings is 1. The van der Waals surface area contributed by atoms with E-state index in [1.165, 1.54) is 5.56 Å². The van der Waals surface area contributed by atoms with E-state index in [9.17, 15) is 0 Å². The molecule has 1 unspecified atom stereocenters. The van der Waals surface area contributed by atoms with Gasteiger partial charge in [-0.3, -0.25) is 0 Å². The van der Waals surface area contributed by atoms with Gasteiger partial charge in [0.15, 0.2) is 5.82 Å². The molecule has 0 bridgehead atoms. The van der Waals surface area contributed by atoms with Crippen LogP contribution in [0.2, 0.25) is 0 Å². The zero-order valence-corrected chi connectivity index (χ0v) is 13.0. The fourth-order valence-electron chi connectivity index (χ4n) is 2.43. The van der Waals surface area contributed by atoms with Gasteiger partial charge in [-0.25, -0.2) is 9.67 Å². The van der Waals surface area contributed by atoms with Gasteiger partial charge in [-0.1, -0.05) is 32.0 Å². The summed E-state index contributed by atoms with van der Waals surface area (Å²) < 4.78 is 7.84. The molecule has 2 aromatic rings. The van der Waals surface area contributed by atoms with Crippen LogP contribution >= 0.6 is 0 Å². The lowest BCUT2D eigenvalue weighted by atomic mass is 10.0. The van der Waals surface area contributed by atoms with Crippen molar-refractivity contribution in [3.63, 3.8) is 0 Å². The Morgan fingerprint density at radius 3 is 2.76 bits per heavy atom. The lowest BCUT2D eigenvalue weighted by Gasteiger charge is -2.20. The van der Waals surface area contributed by atoms with Gasteiger partial charge < -0.3 is 10.1 Å². The highest BCUT2D eigenvalue weighted by Gasteiger charge is 2.14. The monoisotopic (exact) mass is 288 g/mol. The first kappa shape index (κ1) is 15.5. The van der Waals surface area contributed by atoms with E-state index in [4.69, 9.17) is 4.74 Å². The number of hydrogen-bond donors (Lipinski definition) is 1. The third kappa shape index (κ3) is 3.82. The quantitative estimate of drug-likeness (QED) is 0.811. The summed E-state index contributed by atoms with van der Waals surface area (Å²) in [5.41, 5.74) is 1.20. The van der Waals surface area contributed by atoms with E-state index in [2.05, 4.69) is 41.4 Å². The fraction of sp³-hybridized carbons (Fsp3) is 0.500. The van der Waals surface area contributed by atoms with Crippen LogP contribution in [0.4, 0.5) is 0 Å². The molecule has 114 valence electrons. The van der Waals surface area contributed by atoms with Gasteiger partial charge in [-0.05, 0) is 26.0 Å². The number of aryl methyl sites for hydroxylation is 1. The minimum Gasteiger partial charge on any atom is -0.485 e. The van der Waals surface area contributed by atoms with E-state index < -0.39 is 0 Å². The fourth-order valence-corrected chi connectivity index (χ4v) is 2.43. The molecular weight excluding hydrogens is 264 g/mol. The van der Waals surface area contributed by atoms with Crippen molar-refractivity contribution in [2.45, 2.75) is 46.4 Å². The summed E-state index contributed by atoms with van der Waals surface area (Å²) in [6.45, 7) is 8.53. The topological polar surface area (TPSA) is 52.0 Å². The van der Waals surface area contributed by atoms with Gasteiger partial charge in [0.1, 0.15) is 18.7 Å². The standard InChI is InChI=1S/C16H24N4O/c1-4-14(17-5-2)13-9-7-8-10-15(13)21-11-16-18-12-19-20(16)6-3/h7-10,12,14,17H,4-6,11H2,1-3H3. The number of ether oxygens (including phenoxy) is 1. The Morgan fingerprint density at radius 1 is 1.24 bits per heavy atom. The molecule has 0 saturated carbocycles. The molecule has 0 saturated heterocycles. The Kier molecular flexibility index (Phi) is 5.75. The second-order valence-electron chi connectivity index (χ2n) is 4.84. The molecule has 0 amide bonds. The number of rotatable bonds is 8. The smallest absolute Gasteiger partial charge is 0.164 e. The average Bonchev–Trinajstić information content (AvgIpc) is 2.98. The van der Waals surface area contributed by atoms with Crippen molar-refractivity contribution < 1.29 is 4.74 Å². The van der Waals surface area contributed by atoms with Gasteiger partial charge in [-0.2, -0.15) is 5.10 Å². The summed E-state index contributed by atoms with van der Waals surface area (Å²) in [5, 5.41) is 7.65. The molecular formula is C16H24N4O. The average molecular weight is 288 g/mol. The maximum atomic E-state index is 5.99. The minimum absolute atomic E-state index is 0.315. The van der Waals surface area contributed by atoms with Crippen molar-refractivity contribution in [2.24, 2.45) is 0 Å². The predicted octanol–water partition coefficient (Wildman–Crippen LogP) is 2.94. The van der Waals surface area contributed by atoms with Crippen molar-refractivity contribution in [3.05, 3.63) is 42.0 Å². The molecule has 2 rings (SSSR count). The number of para-hydroxylation sites is 1. The van der Waals surface area contributed by atoms with Gasteiger partial charge in [-0.15, -0.1) is 0 Å². The third-order valence-electron chi connectivity index (χ3n) is 3.51. The Bertz CT molecular complexity index is 553. The summed E-state index contributed by atoms with van der Waals surface area (Å²) in [5.74, 6) is 1.76. The molecule has 0 aliphatic carbocycles. The summed E-state index contributed by atoms with van der Waals surface area (Å²) in [7, 11) is 0. The molecule has 1 aromatic heterocycles. The first-order chi connectivity index (χ1) is 10.3. The van der Waals surface area contributed by atoms with Crippen LogP contribution in [0.1, 0.15) is 44.6 Å². The van der Waals surface area contributed by atoms with Gasteiger partial charge >= 0.3 is 0 Å². The summed E-state index contributed by atoms with van der Waals surface area (Å²) >= 11 is 0. The molecule has 0 radical (unpaired) electrons. The van der Waals surface area contributed by atoms with E-state index in [0.29, 0.717) is 12.6 Å². The Morgan fingerprint density at radius 2 is 2.05 bits per heavy atom. The van der Waals surface area contributed by atoms with Crippen LogP contribution in [0.5, 0.6) is 5.75 Å². The second kappa shape index (κ2) is 7.78. The number of nitrogens with one attached hydrogen (secondary N) is 1. The first-order valence-electron chi connectivity index (χ1n) is 7.61. The maximum Gasteiger partial charge on any atom is 0.164 e. The lowest BCUT2D eigenvalue weighted by molar-refractivity contribution is 0.281. The zero-order chi connectivity index (χ0) is 15.1.